The van der Waals surface area contributed by atoms with Gasteiger partial charge in [-0.2, -0.15) is 0 Å². The summed E-state index contributed by atoms with van der Waals surface area (Å²) in [5.74, 6) is -0.350. The number of aryl methyl sites for hydroxylation is 2. The number of carbonyl (C=O) groups is 2. The summed E-state index contributed by atoms with van der Waals surface area (Å²) >= 11 is 4.88. The number of nitrogens with one attached hydrogen (secondary N) is 1. The number of hydrogen-bond acceptors (Lipinski definition) is 3. The summed E-state index contributed by atoms with van der Waals surface area (Å²) in [6.45, 7) is 4.09. The second kappa shape index (κ2) is 7.75. The highest BCUT2D eigenvalue weighted by Crippen LogP contribution is 2.24. The quantitative estimate of drug-likeness (QED) is 0.829. The van der Waals surface area contributed by atoms with E-state index >= 15 is 0 Å². The van der Waals surface area contributed by atoms with E-state index < -0.39 is 0 Å². The third-order valence-electron chi connectivity index (χ3n) is 3.43. The molecule has 2 rings (SSSR count). The van der Waals surface area contributed by atoms with Crippen molar-refractivity contribution in [1.29, 1.82) is 0 Å². The van der Waals surface area contributed by atoms with Crippen molar-refractivity contribution in [3.05, 3.63) is 50.1 Å². The van der Waals surface area contributed by atoms with Crippen LogP contribution in [0.3, 0.4) is 0 Å². The molecule has 0 atom stereocenters. The van der Waals surface area contributed by atoms with Crippen LogP contribution in [0.5, 0.6) is 0 Å². The number of nitrogens with zero attached hydrogens (tertiary/aromatic N) is 1. The lowest BCUT2D eigenvalue weighted by Crippen LogP contribution is -2.34. The van der Waals surface area contributed by atoms with E-state index in [-0.39, 0.29) is 18.4 Å². The molecule has 2 aromatic rings. The summed E-state index contributed by atoms with van der Waals surface area (Å²) in [4.78, 5) is 27.9. The zero-order valence-corrected chi connectivity index (χ0v) is 15.8. The van der Waals surface area contributed by atoms with Crippen LogP contribution in [-0.2, 0) is 11.2 Å². The van der Waals surface area contributed by atoms with Crippen molar-refractivity contribution in [3.8, 4) is 0 Å². The lowest BCUT2D eigenvalue weighted by Gasteiger charge is -2.16. The minimum atomic E-state index is -0.225. The minimum absolute atomic E-state index is 0.0125. The summed E-state index contributed by atoms with van der Waals surface area (Å²) in [5, 5.41) is 2.80. The Balaban J connectivity index is 2.00. The lowest BCUT2D eigenvalue weighted by atomic mass is 10.2. The maximum atomic E-state index is 12.4. The second-order valence-electron chi connectivity index (χ2n) is 5.26. The highest BCUT2D eigenvalue weighted by molar-refractivity contribution is 9.10. The van der Waals surface area contributed by atoms with E-state index in [9.17, 15) is 9.59 Å². The second-order valence-corrected chi connectivity index (χ2v) is 7.25. The fraction of sp³-hybridized carbons (Fsp3) is 0.294. The SMILES string of the molecule is CCc1sc(C(=O)N(C)CC(=O)Nc2ccccc2Br)cc1C. The molecule has 0 spiro atoms. The predicted molar refractivity (Wildman–Crippen MR) is 98.2 cm³/mol. The van der Waals surface area contributed by atoms with Gasteiger partial charge in [-0.3, -0.25) is 9.59 Å². The van der Waals surface area contributed by atoms with Gasteiger partial charge in [-0.15, -0.1) is 11.3 Å². The van der Waals surface area contributed by atoms with Crippen LogP contribution >= 0.6 is 27.3 Å². The summed E-state index contributed by atoms with van der Waals surface area (Å²) in [6.07, 6.45) is 0.913. The molecule has 0 aliphatic rings. The third-order valence-corrected chi connectivity index (χ3v) is 5.49. The van der Waals surface area contributed by atoms with Crippen molar-refractivity contribution in [2.75, 3.05) is 18.9 Å². The predicted octanol–water partition coefficient (Wildman–Crippen LogP) is 4.09. The van der Waals surface area contributed by atoms with E-state index in [2.05, 4.69) is 28.2 Å². The van der Waals surface area contributed by atoms with Gasteiger partial charge in [0.25, 0.3) is 5.91 Å². The van der Waals surface area contributed by atoms with Crippen LogP contribution in [0.25, 0.3) is 0 Å². The van der Waals surface area contributed by atoms with Crippen molar-refractivity contribution >= 4 is 44.8 Å². The topological polar surface area (TPSA) is 49.4 Å². The molecule has 0 unspecified atom stereocenters. The molecule has 1 heterocycles. The van der Waals surface area contributed by atoms with Crippen LogP contribution in [-0.4, -0.2) is 30.3 Å². The molecule has 0 radical (unpaired) electrons. The number of carbonyl (C=O) groups excluding carboxylic acids is 2. The number of halogens is 1. The highest BCUT2D eigenvalue weighted by atomic mass is 79.9. The molecule has 0 aliphatic carbocycles. The Morgan fingerprint density at radius 1 is 1.30 bits per heavy atom. The fourth-order valence-corrected chi connectivity index (χ4v) is 3.70. The fourth-order valence-electron chi connectivity index (χ4n) is 2.20. The first kappa shape index (κ1) is 17.7. The van der Waals surface area contributed by atoms with Crippen LogP contribution in [0.2, 0.25) is 0 Å². The highest BCUT2D eigenvalue weighted by Gasteiger charge is 2.18. The Labute approximate surface area is 148 Å². The van der Waals surface area contributed by atoms with E-state index in [1.807, 2.05) is 31.2 Å². The number of rotatable bonds is 5. The van der Waals surface area contributed by atoms with Crippen molar-refractivity contribution in [1.82, 2.24) is 4.90 Å². The van der Waals surface area contributed by atoms with Gasteiger partial charge >= 0.3 is 0 Å². The molecule has 1 N–H and O–H groups in total. The number of thiophene rings is 1. The monoisotopic (exact) mass is 394 g/mol. The van der Waals surface area contributed by atoms with Gasteiger partial charge in [0.2, 0.25) is 5.91 Å². The van der Waals surface area contributed by atoms with Crippen molar-refractivity contribution < 1.29 is 9.59 Å². The molecule has 2 amide bonds. The van der Waals surface area contributed by atoms with Crippen LogP contribution in [0.4, 0.5) is 5.69 Å². The molecular weight excluding hydrogens is 376 g/mol. The molecule has 23 heavy (non-hydrogen) atoms. The number of amides is 2. The van der Waals surface area contributed by atoms with Crippen molar-refractivity contribution in [2.45, 2.75) is 20.3 Å². The van der Waals surface area contributed by atoms with Gasteiger partial charge in [-0.25, -0.2) is 0 Å². The van der Waals surface area contributed by atoms with E-state index in [1.165, 1.54) is 21.1 Å². The van der Waals surface area contributed by atoms with Crippen LogP contribution < -0.4 is 5.32 Å². The zero-order chi connectivity index (χ0) is 17.0. The number of anilines is 1. The number of likely N-dealkylation sites (N-methyl/N-ethyl adjacent to an activating group) is 1. The normalized spacial score (nSPS) is 10.4. The van der Waals surface area contributed by atoms with Gasteiger partial charge in [0, 0.05) is 16.4 Å². The minimum Gasteiger partial charge on any atom is -0.332 e. The van der Waals surface area contributed by atoms with Crippen LogP contribution in [0, 0.1) is 6.92 Å². The number of para-hydroxylation sites is 1. The largest absolute Gasteiger partial charge is 0.332 e. The zero-order valence-electron chi connectivity index (χ0n) is 13.4. The molecule has 0 bridgehead atoms. The molecule has 122 valence electrons. The molecule has 0 fully saturated rings. The average molecular weight is 395 g/mol. The maximum Gasteiger partial charge on any atom is 0.264 e. The van der Waals surface area contributed by atoms with Crippen molar-refractivity contribution in [2.24, 2.45) is 0 Å². The van der Waals surface area contributed by atoms with Gasteiger partial charge in [0.05, 0.1) is 17.1 Å². The Morgan fingerprint density at radius 2 is 2.00 bits per heavy atom. The molecule has 6 heteroatoms. The smallest absolute Gasteiger partial charge is 0.264 e. The van der Waals surface area contributed by atoms with Gasteiger partial charge < -0.3 is 10.2 Å². The van der Waals surface area contributed by atoms with Gasteiger partial charge in [0.15, 0.2) is 0 Å². The van der Waals surface area contributed by atoms with Gasteiger partial charge in [-0.1, -0.05) is 19.1 Å². The average Bonchev–Trinajstić information content (AvgIpc) is 2.89. The van der Waals surface area contributed by atoms with Crippen molar-refractivity contribution in [3.63, 3.8) is 0 Å². The number of benzene rings is 1. The summed E-state index contributed by atoms with van der Waals surface area (Å²) in [6, 6.07) is 9.27. The Morgan fingerprint density at radius 3 is 2.61 bits per heavy atom. The van der Waals surface area contributed by atoms with Crippen LogP contribution in [0.1, 0.15) is 27.0 Å². The Hall–Kier alpha value is -1.66. The Kier molecular flexibility index (Phi) is 5.96. The third kappa shape index (κ3) is 4.42. The molecule has 0 saturated heterocycles. The van der Waals surface area contributed by atoms with Crippen LogP contribution in [0.15, 0.2) is 34.8 Å². The first-order valence-corrected chi connectivity index (χ1v) is 8.92. The standard InChI is InChI=1S/C17H19BrN2O2S/c1-4-14-11(2)9-15(23-14)17(22)20(3)10-16(21)19-13-8-6-5-7-12(13)18/h5-9H,4,10H2,1-3H3,(H,19,21). The molecule has 0 aliphatic heterocycles. The summed E-state index contributed by atoms with van der Waals surface area (Å²) < 4.78 is 0.809. The Bertz CT molecular complexity index is 727. The number of hydrogen-bond donors (Lipinski definition) is 1. The van der Waals surface area contributed by atoms with Gasteiger partial charge in [-0.05, 0) is 53.0 Å². The first-order valence-electron chi connectivity index (χ1n) is 7.31. The molecule has 0 saturated carbocycles. The molecule has 1 aromatic carbocycles. The van der Waals surface area contributed by atoms with E-state index in [0.29, 0.717) is 10.6 Å². The van der Waals surface area contributed by atoms with E-state index in [1.54, 1.807) is 13.1 Å². The molecular formula is C17H19BrN2O2S. The molecule has 1 aromatic heterocycles. The summed E-state index contributed by atoms with van der Waals surface area (Å²) in [5.41, 5.74) is 1.82. The van der Waals surface area contributed by atoms with Gasteiger partial charge in [0.1, 0.15) is 0 Å². The maximum absolute atomic E-state index is 12.4. The molecule has 4 nitrogen and oxygen atoms in total. The van der Waals surface area contributed by atoms with E-state index in [0.717, 1.165) is 16.5 Å². The van der Waals surface area contributed by atoms with E-state index in [4.69, 9.17) is 0 Å². The summed E-state index contributed by atoms with van der Waals surface area (Å²) in [7, 11) is 1.64. The first-order chi connectivity index (χ1) is 10.9. The lowest BCUT2D eigenvalue weighted by molar-refractivity contribution is -0.116.